The average Bonchev–Trinajstić information content (AvgIpc) is 3.14. The molecular weight excluding hydrogens is 358 g/mol. The number of aromatic nitrogens is 2. The van der Waals surface area contributed by atoms with E-state index in [0.29, 0.717) is 23.7 Å². The van der Waals surface area contributed by atoms with Gasteiger partial charge in [0.2, 0.25) is 22.3 Å². The summed E-state index contributed by atoms with van der Waals surface area (Å²) < 4.78 is 30.3. The standard InChI is InChI=1S/C16H21N5O4S/c1-26(23,24)18-10-14-7-2-3-8-21(14)16(22)19-13-6-4-5-12(9-13)15-20-17-11-25-15/h4-6,9,11,14,18H,2-3,7-8,10H2,1H3,(H,19,22). The van der Waals surface area contributed by atoms with Crippen LogP contribution in [-0.2, 0) is 10.0 Å². The molecule has 1 unspecified atom stereocenters. The fourth-order valence-electron chi connectivity index (χ4n) is 2.95. The molecule has 0 saturated carbocycles. The van der Waals surface area contributed by atoms with E-state index in [2.05, 4.69) is 20.2 Å². The summed E-state index contributed by atoms with van der Waals surface area (Å²) in [5.74, 6) is 0.370. The number of hydrogen-bond acceptors (Lipinski definition) is 6. The number of urea groups is 1. The fraction of sp³-hybridized carbons (Fsp3) is 0.438. The quantitative estimate of drug-likeness (QED) is 0.816. The van der Waals surface area contributed by atoms with Gasteiger partial charge in [0, 0.05) is 30.4 Å². The molecule has 0 aliphatic carbocycles. The van der Waals surface area contributed by atoms with Crippen molar-refractivity contribution in [2.24, 2.45) is 0 Å². The number of nitrogens with one attached hydrogen (secondary N) is 2. The number of carbonyl (C=O) groups excluding carboxylic acids is 1. The van der Waals surface area contributed by atoms with E-state index in [1.807, 2.05) is 6.07 Å². The predicted octanol–water partition coefficient (Wildman–Crippen LogP) is 1.67. The van der Waals surface area contributed by atoms with Gasteiger partial charge in [0.25, 0.3) is 0 Å². The maximum absolute atomic E-state index is 12.7. The summed E-state index contributed by atoms with van der Waals surface area (Å²) in [4.78, 5) is 14.4. The highest BCUT2D eigenvalue weighted by molar-refractivity contribution is 7.88. The van der Waals surface area contributed by atoms with Crippen molar-refractivity contribution in [3.05, 3.63) is 30.7 Å². The predicted molar refractivity (Wildman–Crippen MR) is 95.9 cm³/mol. The van der Waals surface area contributed by atoms with Crippen LogP contribution in [0, 0.1) is 0 Å². The van der Waals surface area contributed by atoms with E-state index in [9.17, 15) is 13.2 Å². The molecule has 1 saturated heterocycles. The highest BCUT2D eigenvalue weighted by Crippen LogP contribution is 2.22. The molecule has 9 nitrogen and oxygen atoms in total. The van der Waals surface area contributed by atoms with Gasteiger partial charge in [0.1, 0.15) is 0 Å². The molecule has 26 heavy (non-hydrogen) atoms. The number of amides is 2. The molecule has 0 bridgehead atoms. The zero-order chi connectivity index (χ0) is 18.6. The van der Waals surface area contributed by atoms with Crippen molar-refractivity contribution in [2.75, 3.05) is 24.7 Å². The first-order valence-corrected chi connectivity index (χ1v) is 10.2. The Bertz CT molecular complexity index is 853. The average molecular weight is 379 g/mol. The van der Waals surface area contributed by atoms with Gasteiger partial charge in [-0.15, -0.1) is 10.2 Å². The van der Waals surface area contributed by atoms with Gasteiger partial charge in [0.15, 0.2) is 0 Å². The molecule has 1 atom stereocenters. The molecule has 0 spiro atoms. The van der Waals surface area contributed by atoms with Gasteiger partial charge in [-0.1, -0.05) is 6.07 Å². The highest BCUT2D eigenvalue weighted by Gasteiger charge is 2.27. The molecule has 3 rings (SSSR count). The molecule has 2 amide bonds. The number of anilines is 1. The Morgan fingerprint density at radius 1 is 1.38 bits per heavy atom. The summed E-state index contributed by atoms with van der Waals surface area (Å²) in [6.07, 6.45) is 4.98. The molecule has 2 N–H and O–H groups in total. The molecule has 1 fully saturated rings. The van der Waals surface area contributed by atoms with Crippen LogP contribution in [0.3, 0.4) is 0 Å². The van der Waals surface area contributed by atoms with Crippen molar-refractivity contribution in [1.29, 1.82) is 0 Å². The molecule has 0 radical (unpaired) electrons. The Balaban J connectivity index is 1.68. The largest absolute Gasteiger partial charge is 0.423 e. The molecule has 2 heterocycles. The van der Waals surface area contributed by atoms with Gasteiger partial charge in [-0.3, -0.25) is 0 Å². The van der Waals surface area contributed by atoms with Crippen molar-refractivity contribution >= 4 is 21.7 Å². The summed E-state index contributed by atoms with van der Waals surface area (Å²) in [5.41, 5.74) is 1.31. The van der Waals surface area contributed by atoms with Gasteiger partial charge in [-0.2, -0.15) is 0 Å². The van der Waals surface area contributed by atoms with Crippen LogP contribution in [0.25, 0.3) is 11.5 Å². The first-order valence-electron chi connectivity index (χ1n) is 8.31. The molecule has 1 aliphatic heterocycles. The van der Waals surface area contributed by atoms with Crippen LogP contribution in [0.2, 0.25) is 0 Å². The van der Waals surface area contributed by atoms with Gasteiger partial charge in [0.05, 0.1) is 6.26 Å². The SMILES string of the molecule is CS(=O)(=O)NCC1CCCCN1C(=O)Nc1cccc(-c2nnco2)c1. The van der Waals surface area contributed by atoms with E-state index >= 15 is 0 Å². The van der Waals surface area contributed by atoms with E-state index < -0.39 is 10.0 Å². The monoisotopic (exact) mass is 379 g/mol. The van der Waals surface area contributed by atoms with Crippen LogP contribution < -0.4 is 10.0 Å². The highest BCUT2D eigenvalue weighted by atomic mass is 32.2. The minimum atomic E-state index is -3.29. The number of nitrogens with zero attached hydrogens (tertiary/aromatic N) is 3. The Hall–Kier alpha value is -2.46. The lowest BCUT2D eigenvalue weighted by Crippen LogP contribution is -2.50. The zero-order valence-electron chi connectivity index (χ0n) is 14.4. The van der Waals surface area contributed by atoms with Gasteiger partial charge < -0.3 is 14.6 Å². The normalized spacial score (nSPS) is 17.9. The van der Waals surface area contributed by atoms with E-state index in [1.54, 1.807) is 23.1 Å². The fourth-order valence-corrected chi connectivity index (χ4v) is 3.45. The van der Waals surface area contributed by atoms with Crippen molar-refractivity contribution < 1.29 is 17.6 Å². The number of sulfonamides is 1. The van der Waals surface area contributed by atoms with Crippen molar-refractivity contribution in [3.8, 4) is 11.5 Å². The van der Waals surface area contributed by atoms with E-state index in [4.69, 9.17) is 4.42 Å². The summed E-state index contributed by atoms with van der Waals surface area (Å²) in [6, 6.07) is 6.69. The van der Waals surface area contributed by atoms with E-state index in [0.717, 1.165) is 25.5 Å². The van der Waals surface area contributed by atoms with Gasteiger partial charge in [-0.25, -0.2) is 17.9 Å². The minimum absolute atomic E-state index is 0.169. The number of piperidine rings is 1. The summed E-state index contributed by atoms with van der Waals surface area (Å²) in [6.45, 7) is 0.805. The smallest absolute Gasteiger partial charge is 0.322 e. The number of carbonyl (C=O) groups is 1. The molecule has 10 heteroatoms. The lowest BCUT2D eigenvalue weighted by Gasteiger charge is -2.35. The van der Waals surface area contributed by atoms with E-state index in [1.165, 1.54) is 6.39 Å². The molecule has 2 aromatic rings. The van der Waals surface area contributed by atoms with Crippen molar-refractivity contribution in [3.63, 3.8) is 0 Å². The molecule has 1 aromatic carbocycles. The molecule has 1 aliphatic rings. The first kappa shape index (κ1) is 18.3. The Morgan fingerprint density at radius 3 is 2.96 bits per heavy atom. The van der Waals surface area contributed by atoms with Crippen LogP contribution in [-0.4, -0.2) is 54.9 Å². The van der Waals surface area contributed by atoms with Gasteiger partial charge >= 0.3 is 6.03 Å². The minimum Gasteiger partial charge on any atom is -0.423 e. The van der Waals surface area contributed by atoms with E-state index in [-0.39, 0.29) is 18.6 Å². The molecule has 140 valence electrons. The first-order chi connectivity index (χ1) is 12.4. The third-order valence-electron chi connectivity index (χ3n) is 4.19. The summed E-state index contributed by atoms with van der Waals surface area (Å²) in [7, 11) is -3.29. The molecular formula is C16H21N5O4S. The van der Waals surface area contributed by atoms with Crippen LogP contribution in [0.1, 0.15) is 19.3 Å². The summed E-state index contributed by atoms with van der Waals surface area (Å²) >= 11 is 0. The maximum atomic E-state index is 12.7. The van der Waals surface area contributed by atoms with Crippen LogP contribution >= 0.6 is 0 Å². The number of benzene rings is 1. The Labute approximate surface area is 151 Å². The second-order valence-corrected chi connectivity index (χ2v) is 8.05. The third-order valence-corrected chi connectivity index (χ3v) is 4.88. The molecule has 1 aromatic heterocycles. The second kappa shape index (κ2) is 7.83. The topological polar surface area (TPSA) is 117 Å². The summed E-state index contributed by atoms with van der Waals surface area (Å²) in [5, 5.41) is 10.4. The number of rotatable bonds is 5. The Kier molecular flexibility index (Phi) is 5.52. The third kappa shape index (κ3) is 4.79. The van der Waals surface area contributed by atoms with Crippen LogP contribution in [0.5, 0.6) is 0 Å². The van der Waals surface area contributed by atoms with Crippen molar-refractivity contribution in [1.82, 2.24) is 19.8 Å². The Morgan fingerprint density at radius 2 is 2.23 bits per heavy atom. The maximum Gasteiger partial charge on any atom is 0.322 e. The van der Waals surface area contributed by atoms with Crippen molar-refractivity contribution in [2.45, 2.75) is 25.3 Å². The van der Waals surface area contributed by atoms with Crippen LogP contribution in [0.4, 0.5) is 10.5 Å². The van der Waals surface area contributed by atoms with Crippen LogP contribution in [0.15, 0.2) is 35.1 Å². The number of hydrogen-bond donors (Lipinski definition) is 2. The lowest BCUT2D eigenvalue weighted by molar-refractivity contribution is 0.164. The lowest BCUT2D eigenvalue weighted by atomic mass is 10.0. The zero-order valence-corrected chi connectivity index (χ0v) is 15.2. The van der Waals surface area contributed by atoms with Gasteiger partial charge in [-0.05, 0) is 37.5 Å². The number of likely N-dealkylation sites (tertiary alicyclic amines) is 1. The second-order valence-electron chi connectivity index (χ2n) is 6.22.